The van der Waals surface area contributed by atoms with Gasteiger partial charge >= 0.3 is 0 Å². The highest BCUT2D eigenvalue weighted by Gasteiger charge is 2.11. The first-order valence-electron chi connectivity index (χ1n) is 6.07. The van der Waals surface area contributed by atoms with Gasteiger partial charge in [0.05, 0.1) is 5.52 Å². The van der Waals surface area contributed by atoms with Gasteiger partial charge in [-0.3, -0.25) is 9.78 Å². The first-order chi connectivity index (χ1) is 9.08. The van der Waals surface area contributed by atoms with Crippen LogP contribution in [0.3, 0.4) is 0 Å². The number of ketones is 1. The molecule has 94 valence electrons. The molecule has 1 heterocycles. The minimum atomic E-state index is 0.0520. The van der Waals surface area contributed by atoms with Crippen molar-refractivity contribution in [3.05, 3.63) is 52.1 Å². The van der Waals surface area contributed by atoms with Crippen LogP contribution in [0.5, 0.6) is 0 Å². The number of pyridine rings is 1. The van der Waals surface area contributed by atoms with Gasteiger partial charge in [-0.25, -0.2) is 0 Å². The molecular weight excluding hydrogens is 302 g/mol. The predicted octanol–water partition coefficient (Wildman–Crippen LogP) is 4.66. The topological polar surface area (TPSA) is 30.0 Å². The van der Waals surface area contributed by atoms with Gasteiger partial charge in [0.1, 0.15) is 0 Å². The molecule has 0 aliphatic rings. The largest absolute Gasteiger partial charge is 0.294 e. The van der Waals surface area contributed by atoms with E-state index in [1.807, 2.05) is 31.2 Å². The molecule has 0 aliphatic carbocycles. The number of carbonyl (C=O) groups excluding carboxylic acids is 1. The highest BCUT2D eigenvalue weighted by Crippen LogP contribution is 2.31. The van der Waals surface area contributed by atoms with Crippen molar-refractivity contribution < 1.29 is 4.79 Å². The van der Waals surface area contributed by atoms with Crippen LogP contribution >= 0.6 is 15.9 Å². The second-order valence-electron chi connectivity index (χ2n) is 4.65. The van der Waals surface area contributed by atoms with Gasteiger partial charge in [0.15, 0.2) is 5.78 Å². The van der Waals surface area contributed by atoms with Crippen LogP contribution in [0.25, 0.3) is 21.7 Å². The number of rotatable bonds is 1. The fourth-order valence-corrected chi connectivity index (χ4v) is 3.01. The average Bonchev–Trinajstić information content (AvgIpc) is 2.39. The Morgan fingerprint density at radius 1 is 1.16 bits per heavy atom. The lowest BCUT2D eigenvalue weighted by Gasteiger charge is -2.09. The summed E-state index contributed by atoms with van der Waals surface area (Å²) in [6.07, 6.45) is 0. The van der Waals surface area contributed by atoms with Crippen LogP contribution in [0, 0.1) is 6.92 Å². The molecule has 0 N–H and O–H groups in total. The summed E-state index contributed by atoms with van der Waals surface area (Å²) in [5.41, 5.74) is 2.42. The first-order valence-corrected chi connectivity index (χ1v) is 6.87. The van der Waals surface area contributed by atoms with Gasteiger partial charge in [0, 0.05) is 26.5 Å². The Bertz CT molecular complexity index is 824. The van der Waals surface area contributed by atoms with Crippen LogP contribution in [0.4, 0.5) is 0 Å². The normalized spacial score (nSPS) is 11.1. The summed E-state index contributed by atoms with van der Waals surface area (Å²) in [5.74, 6) is 0.0520. The highest BCUT2D eigenvalue weighted by atomic mass is 79.9. The van der Waals surface area contributed by atoms with Crippen molar-refractivity contribution in [1.82, 2.24) is 4.98 Å². The maximum Gasteiger partial charge on any atom is 0.161 e. The van der Waals surface area contributed by atoms with Crippen LogP contribution in [0.2, 0.25) is 0 Å². The quantitative estimate of drug-likeness (QED) is 0.483. The van der Waals surface area contributed by atoms with Crippen LogP contribution in [-0.4, -0.2) is 10.8 Å². The summed E-state index contributed by atoms with van der Waals surface area (Å²) in [5, 5.41) is 3.23. The van der Waals surface area contributed by atoms with Gasteiger partial charge in [0.25, 0.3) is 0 Å². The summed E-state index contributed by atoms with van der Waals surface area (Å²) in [6, 6.07) is 12.1. The van der Waals surface area contributed by atoms with Crippen molar-refractivity contribution >= 4 is 43.4 Å². The lowest BCUT2D eigenvalue weighted by molar-refractivity contribution is 0.101. The molecule has 0 fully saturated rings. The summed E-state index contributed by atoms with van der Waals surface area (Å²) >= 11 is 3.59. The Kier molecular flexibility index (Phi) is 2.86. The van der Waals surface area contributed by atoms with Gasteiger partial charge in [-0.2, -0.15) is 0 Å². The van der Waals surface area contributed by atoms with E-state index in [4.69, 9.17) is 0 Å². The number of carbonyl (C=O) groups is 1. The molecule has 3 heteroatoms. The zero-order chi connectivity index (χ0) is 13.6. The summed E-state index contributed by atoms with van der Waals surface area (Å²) in [4.78, 5) is 16.2. The van der Waals surface area contributed by atoms with Gasteiger partial charge in [-0.15, -0.1) is 0 Å². The fraction of sp³-hybridized carbons (Fsp3) is 0.125. The molecule has 2 nitrogen and oxygen atoms in total. The molecule has 3 rings (SSSR count). The maximum atomic E-state index is 11.6. The number of nitrogens with zero attached hydrogens (tertiary/aromatic N) is 1. The van der Waals surface area contributed by atoms with Gasteiger partial charge < -0.3 is 0 Å². The van der Waals surface area contributed by atoms with E-state index in [9.17, 15) is 4.79 Å². The molecule has 3 aromatic rings. The van der Waals surface area contributed by atoms with E-state index < -0.39 is 0 Å². The fourth-order valence-electron chi connectivity index (χ4n) is 2.42. The molecular formula is C16H12BrNO. The third-order valence-corrected chi connectivity index (χ3v) is 4.00. The van der Waals surface area contributed by atoms with Crippen molar-refractivity contribution in [1.29, 1.82) is 0 Å². The predicted molar refractivity (Wildman–Crippen MR) is 81.7 cm³/mol. The second kappa shape index (κ2) is 4.42. The van der Waals surface area contributed by atoms with E-state index in [0.29, 0.717) is 5.56 Å². The Balaban J connectivity index is 2.51. The Morgan fingerprint density at radius 3 is 2.53 bits per heavy atom. The number of Topliss-reactive ketones (excluding diaryl/α,β-unsaturated/α-hetero) is 1. The maximum absolute atomic E-state index is 11.6. The monoisotopic (exact) mass is 313 g/mol. The standard InChI is InChI=1S/C16H12BrNO/c1-9-14(10(2)19)7-11-8-15(17)12-5-3-4-6-13(12)16(11)18-9/h3-8H,1-2H3. The molecule has 0 aliphatic heterocycles. The van der Waals surface area contributed by atoms with Crippen LogP contribution in [0.1, 0.15) is 23.0 Å². The number of aryl methyl sites for hydroxylation is 1. The second-order valence-corrected chi connectivity index (χ2v) is 5.51. The third kappa shape index (κ3) is 1.94. The van der Waals surface area contributed by atoms with Crippen molar-refractivity contribution in [2.24, 2.45) is 0 Å². The Morgan fingerprint density at radius 2 is 1.84 bits per heavy atom. The number of hydrogen-bond acceptors (Lipinski definition) is 2. The molecule has 19 heavy (non-hydrogen) atoms. The summed E-state index contributed by atoms with van der Waals surface area (Å²) in [7, 11) is 0. The number of fused-ring (bicyclic) bond motifs is 3. The molecule has 1 aromatic heterocycles. The van der Waals surface area contributed by atoms with Crippen molar-refractivity contribution in [2.75, 3.05) is 0 Å². The Labute approximate surface area is 119 Å². The molecule has 0 radical (unpaired) electrons. The van der Waals surface area contributed by atoms with Crippen molar-refractivity contribution in [3.63, 3.8) is 0 Å². The zero-order valence-corrected chi connectivity index (χ0v) is 12.3. The minimum absolute atomic E-state index is 0.0520. The molecule has 2 aromatic carbocycles. The number of hydrogen-bond donors (Lipinski definition) is 0. The van der Waals surface area contributed by atoms with Crippen LogP contribution in [0.15, 0.2) is 40.9 Å². The summed E-state index contributed by atoms with van der Waals surface area (Å²) < 4.78 is 1.02. The smallest absolute Gasteiger partial charge is 0.161 e. The van der Waals surface area contributed by atoms with Gasteiger partial charge in [0.2, 0.25) is 0 Å². The first kappa shape index (κ1) is 12.3. The van der Waals surface area contributed by atoms with E-state index in [2.05, 4.69) is 33.0 Å². The molecule has 0 saturated carbocycles. The van der Waals surface area contributed by atoms with Crippen molar-refractivity contribution in [2.45, 2.75) is 13.8 Å². The number of aromatic nitrogens is 1. The Hall–Kier alpha value is -1.74. The SMILES string of the molecule is CC(=O)c1cc2cc(Br)c3ccccc3c2nc1C. The van der Waals surface area contributed by atoms with E-state index in [-0.39, 0.29) is 5.78 Å². The number of benzene rings is 2. The molecule has 0 atom stereocenters. The molecule has 0 spiro atoms. The van der Waals surface area contributed by atoms with Gasteiger partial charge in [-0.05, 0) is 31.4 Å². The van der Waals surface area contributed by atoms with E-state index >= 15 is 0 Å². The zero-order valence-electron chi connectivity index (χ0n) is 10.7. The molecule has 0 bridgehead atoms. The van der Waals surface area contributed by atoms with Crippen molar-refractivity contribution in [3.8, 4) is 0 Å². The number of halogens is 1. The lowest BCUT2D eigenvalue weighted by atomic mass is 10.0. The lowest BCUT2D eigenvalue weighted by Crippen LogP contribution is -1.99. The molecule has 0 amide bonds. The van der Waals surface area contributed by atoms with E-state index in [0.717, 1.165) is 31.8 Å². The van der Waals surface area contributed by atoms with Gasteiger partial charge in [-0.1, -0.05) is 40.2 Å². The summed E-state index contributed by atoms with van der Waals surface area (Å²) in [6.45, 7) is 3.46. The molecule has 0 saturated heterocycles. The van der Waals surface area contributed by atoms with Crippen LogP contribution in [-0.2, 0) is 0 Å². The highest BCUT2D eigenvalue weighted by molar-refractivity contribution is 9.10. The van der Waals surface area contributed by atoms with Crippen LogP contribution < -0.4 is 0 Å². The van der Waals surface area contributed by atoms with E-state index in [1.165, 1.54) is 0 Å². The minimum Gasteiger partial charge on any atom is -0.294 e. The average molecular weight is 314 g/mol. The van der Waals surface area contributed by atoms with E-state index in [1.54, 1.807) is 6.92 Å². The third-order valence-electron chi connectivity index (χ3n) is 3.34. The molecule has 0 unspecified atom stereocenters.